The Morgan fingerprint density at radius 2 is 1.74 bits per heavy atom. The summed E-state index contributed by atoms with van der Waals surface area (Å²) in [4.78, 5) is 34.6. The Labute approximate surface area is 161 Å². The predicted octanol–water partition coefficient (Wildman–Crippen LogP) is 2.24. The van der Waals surface area contributed by atoms with Crippen LogP contribution in [-0.2, 0) is 7.05 Å². The van der Waals surface area contributed by atoms with E-state index >= 15 is 0 Å². The number of hydrogen-bond donors (Lipinski definition) is 0. The maximum atomic E-state index is 13.2. The highest BCUT2D eigenvalue weighted by molar-refractivity contribution is 7.12. The van der Waals surface area contributed by atoms with Crippen molar-refractivity contribution >= 4 is 34.2 Å². The van der Waals surface area contributed by atoms with Gasteiger partial charge in [0.1, 0.15) is 0 Å². The van der Waals surface area contributed by atoms with Gasteiger partial charge in [-0.1, -0.05) is 6.07 Å². The average Bonchev–Trinajstić information content (AvgIpc) is 3.29. The van der Waals surface area contributed by atoms with Crippen LogP contribution in [0.25, 0.3) is 11.0 Å². The topological polar surface area (TPSA) is 71.3 Å². The van der Waals surface area contributed by atoms with E-state index < -0.39 is 0 Å². The summed E-state index contributed by atoms with van der Waals surface area (Å²) < 4.78 is 1.71. The molecular formula is C19H21N5O2S. The number of nitrogens with zero attached hydrogens (tertiary/aromatic N) is 5. The molecule has 27 heavy (non-hydrogen) atoms. The molecule has 0 N–H and O–H groups in total. The number of aryl methyl sites for hydroxylation is 3. The molecule has 0 unspecified atom stereocenters. The molecular weight excluding hydrogens is 362 g/mol. The summed E-state index contributed by atoms with van der Waals surface area (Å²) in [5.74, 6) is 0.0205. The van der Waals surface area contributed by atoms with Crippen LogP contribution in [0.1, 0.15) is 31.4 Å². The van der Waals surface area contributed by atoms with Crippen LogP contribution in [0.5, 0.6) is 0 Å². The minimum atomic E-state index is -0.0233. The molecule has 1 fully saturated rings. The number of amides is 2. The maximum Gasteiger partial charge on any atom is 0.264 e. The van der Waals surface area contributed by atoms with Crippen LogP contribution in [0.15, 0.2) is 23.6 Å². The molecule has 0 aliphatic carbocycles. The second kappa shape index (κ2) is 6.77. The van der Waals surface area contributed by atoms with Crippen molar-refractivity contribution in [2.24, 2.45) is 7.05 Å². The van der Waals surface area contributed by atoms with Crippen molar-refractivity contribution in [1.29, 1.82) is 0 Å². The Balaban J connectivity index is 1.55. The normalized spacial score (nSPS) is 14.8. The number of aromatic nitrogens is 3. The lowest BCUT2D eigenvalue weighted by Crippen LogP contribution is -2.50. The van der Waals surface area contributed by atoms with E-state index in [1.54, 1.807) is 4.68 Å². The third-order valence-corrected chi connectivity index (χ3v) is 5.77. The van der Waals surface area contributed by atoms with Gasteiger partial charge in [0, 0.05) is 38.9 Å². The third-order valence-electron chi connectivity index (χ3n) is 4.91. The number of rotatable bonds is 2. The number of piperazine rings is 1. The summed E-state index contributed by atoms with van der Waals surface area (Å²) in [6.45, 7) is 5.92. The predicted molar refractivity (Wildman–Crippen MR) is 104 cm³/mol. The SMILES string of the molecule is Cc1cc(C(=O)N2CCN(C(=O)c3cccs3)CC2)c2c(C)nn(C)c2n1. The summed E-state index contributed by atoms with van der Waals surface area (Å²) in [6.07, 6.45) is 0. The number of fused-ring (bicyclic) bond motifs is 1. The van der Waals surface area contributed by atoms with Gasteiger partial charge in [-0.05, 0) is 31.4 Å². The van der Waals surface area contributed by atoms with E-state index in [0.717, 1.165) is 27.3 Å². The molecule has 140 valence electrons. The zero-order valence-corrected chi connectivity index (χ0v) is 16.4. The Bertz CT molecular complexity index is 1020. The smallest absolute Gasteiger partial charge is 0.264 e. The van der Waals surface area contributed by atoms with Crippen molar-refractivity contribution in [3.8, 4) is 0 Å². The summed E-state index contributed by atoms with van der Waals surface area (Å²) >= 11 is 1.45. The molecule has 0 bridgehead atoms. The van der Waals surface area contributed by atoms with Gasteiger partial charge in [-0.2, -0.15) is 5.10 Å². The molecule has 0 atom stereocenters. The van der Waals surface area contributed by atoms with Crippen LogP contribution < -0.4 is 0 Å². The summed E-state index contributed by atoms with van der Waals surface area (Å²) in [5, 5.41) is 7.13. The summed E-state index contributed by atoms with van der Waals surface area (Å²) in [5.41, 5.74) is 2.96. The molecule has 0 aromatic carbocycles. The Morgan fingerprint density at radius 1 is 1.07 bits per heavy atom. The van der Waals surface area contributed by atoms with Crippen LogP contribution in [0.4, 0.5) is 0 Å². The zero-order valence-electron chi connectivity index (χ0n) is 15.6. The Hall–Kier alpha value is -2.74. The van der Waals surface area contributed by atoms with E-state index in [0.29, 0.717) is 31.7 Å². The van der Waals surface area contributed by atoms with Gasteiger partial charge in [0.15, 0.2) is 5.65 Å². The van der Waals surface area contributed by atoms with E-state index in [1.165, 1.54) is 11.3 Å². The fraction of sp³-hybridized carbons (Fsp3) is 0.368. The standard InChI is InChI=1S/C19H21N5O2S/c1-12-11-14(16-13(2)21-22(3)17(16)20-12)18(25)23-6-8-24(9-7-23)19(26)15-5-4-10-27-15/h4-5,10-11H,6-9H2,1-3H3. The van der Waals surface area contributed by atoms with E-state index in [-0.39, 0.29) is 11.8 Å². The summed E-state index contributed by atoms with van der Waals surface area (Å²) in [7, 11) is 1.84. The van der Waals surface area contributed by atoms with Gasteiger partial charge in [0.25, 0.3) is 11.8 Å². The molecule has 0 radical (unpaired) electrons. The first kappa shape index (κ1) is 17.7. The van der Waals surface area contributed by atoms with Gasteiger partial charge in [-0.3, -0.25) is 14.3 Å². The fourth-order valence-corrected chi connectivity index (χ4v) is 4.27. The van der Waals surface area contributed by atoms with E-state index in [9.17, 15) is 9.59 Å². The van der Waals surface area contributed by atoms with Gasteiger partial charge in [0.2, 0.25) is 0 Å². The molecule has 8 heteroatoms. The molecule has 3 aromatic rings. The van der Waals surface area contributed by atoms with Crippen LogP contribution in [0.2, 0.25) is 0 Å². The molecule has 4 rings (SSSR count). The molecule has 4 heterocycles. The molecule has 2 amide bonds. The lowest BCUT2D eigenvalue weighted by Gasteiger charge is -2.34. The highest BCUT2D eigenvalue weighted by Crippen LogP contribution is 2.24. The van der Waals surface area contributed by atoms with Gasteiger partial charge in [-0.15, -0.1) is 11.3 Å². The van der Waals surface area contributed by atoms with Gasteiger partial charge in [-0.25, -0.2) is 4.98 Å². The lowest BCUT2D eigenvalue weighted by atomic mass is 10.1. The number of thiophene rings is 1. The maximum absolute atomic E-state index is 13.2. The number of carbonyl (C=O) groups is 2. The van der Waals surface area contributed by atoms with Crippen molar-refractivity contribution in [3.05, 3.63) is 45.4 Å². The number of hydrogen-bond acceptors (Lipinski definition) is 5. The minimum absolute atomic E-state index is 0.0233. The van der Waals surface area contributed by atoms with E-state index in [4.69, 9.17) is 0 Å². The van der Waals surface area contributed by atoms with Crippen LogP contribution >= 0.6 is 11.3 Å². The van der Waals surface area contributed by atoms with Crippen LogP contribution in [-0.4, -0.2) is 62.6 Å². The summed E-state index contributed by atoms with van der Waals surface area (Å²) in [6, 6.07) is 5.56. The van der Waals surface area contributed by atoms with Gasteiger partial charge >= 0.3 is 0 Å². The third kappa shape index (κ3) is 3.10. The largest absolute Gasteiger partial charge is 0.335 e. The molecule has 1 aliphatic rings. The van der Waals surface area contributed by atoms with E-state index in [2.05, 4.69) is 10.1 Å². The Kier molecular flexibility index (Phi) is 4.43. The molecule has 1 aliphatic heterocycles. The monoisotopic (exact) mass is 383 g/mol. The second-order valence-corrected chi connectivity index (χ2v) is 7.73. The van der Waals surface area contributed by atoms with Crippen molar-refractivity contribution in [3.63, 3.8) is 0 Å². The number of carbonyl (C=O) groups excluding carboxylic acids is 2. The second-order valence-electron chi connectivity index (χ2n) is 6.78. The van der Waals surface area contributed by atoms with Crippen molar-refractivity contribution < 1.29 is 9.59 Å². The van der Waals surface area contributed by atoms with Crippen LogP contribution in [0.3, 0.4) is 0 Å². The van der Waals surface area contributed by atoms with Crippen molar-refractivity contribution in [2.75, 3.05) is 26.2 Å². The quantitative estimate of drug-likeness (QED) is 0.680. The Morgan fingerprint density at radius 3 is 2.37 bits per heavy atom. The molecule has 7 nitrogen and oxygen atoms in total. The molecule has 0 spiro atoms. The lowest BCUT2D eigenvalue weighted by molar-refractivity contribution is 0.0539. The van der Waals surface area contributed by atoms with Gasteiger partial charge in [0.05, 0.1) is 21.5 Å². The molecule has 3 aromatic heterocycles. The highest BCUT2D eigenvalue weighted by Gasteiger charge is 2.28. The average molecular weight is 383 g/mol. The highest BCUT2D eigenvalue weighted by atomic mass is 32.1. The first-order chi connectivity index (χ1) is 13.0. The first-order valence-electron chi connectivity index (χ1n) is 8.88. The first-order valence-corrected chi connectivity index (χ1v) is 9.76. The van der Waals surface area contributed by atoms with Gasteiger partial charge < -0.3 is 9.80 Å². The van der Waals surface area contributed by atoms with Crippen molar-refractivity contribution in [2.45, 2.75) is 13.8 Å². The number of pyridine rings is 1. The molecule has 0 saturated carbocycles. The zero-order chi connectivity index (χ0) is 19.1. The van der Waals surface area contributed by atoms with Crippen molar-refractivity contribution in [1.82, 2.24) is 24.6 Å². The fourth-order valence-electron chi connectivity index (χ4n) is 3.58. The minimum Gasteiger partial charge on any atom is -0.335 e. The molecule has 1 saturated heterocycles. The van der Waals surface area contributed by atoms with Crippen LogP contribution in [0, 0.1) is 13.8 Å². The van der Waals surface area contributed by atoms with E-state index in [1.807, 2.05) is 54.3 Å².